The second-order valence-electron chi connectivity index (χ2n) is 5.09. The second kappa shape index (κ2) is 6.10. The van der Waals surface area contributed by atoms with E-state index in [0.29, 0.717) is 6.54 Å². The minimum atomic E-state index is -0.243. The summed E-state index contributed by atoms with van der Waals surface area (Å²) in [4.78, 5) is 13.3. The zero-order chi connectivity index (χ0) is 13.8. The Kier molecular flexibility index (Phi) is 4.47. The van der Waals surface area contributed by atoms with Crippen molar-refractivity contribution < 1.29 is 13.9 Å². The zero-order valence-electron chi connectivity index (χ0n) is 11.8. The molecule has 2 rings (SSSR count). The van der Waals surface area contributed by atoms with E-state index in [1.165, 1.54) is 7.11 Å². The fourth-order valence-corrected chi connectivity index (χ4v) is 2.53. The fourth-order valence-electron chi connectivity index (χ4n) is 2.53. The van der Waals surface area contributed by atoms with E-state index >= 15 is 0 Å². The van der Waals surface area contributed by atoms with Crippen LogP contribution in [-0.4, -0.2) is 37.2 Å². The summed E-state index contributed by atoms with van der Waals surface area (Å²) >= 11 is 0. The molecule has 0 saturated carbocycles. The topological polar surface area (TPSA) is 54.7 Å². The van der Waals surface area contributed by atoms with Gasteiger partial charge in [0.25, 0.3) is 0 Å². The first kappa shape index (κ1) is 13.9. The molecule has 1 aliphatic rings. The molecule has 1 N–H and O–H groups in total. The number of aryl methyl sites for hydroxylation is 1. The van der Waals surface area contributed by atoms with Crippen molar-refractivity contribution in [1.29, 1.82) is 0 Å². The lowest BCUT2D eigenvalue weighted by atomic mass is 10.0. The van der Waals surface area contributed by atoms with Gasteiger partial charge < -0.3 is 19.4 Å². The molecular weight excluding hydrogens is 244 g/mol. The van der Waals surface area contributed by atoms with Gasteiger partial charge in [0.05, 0.1) is 13.2 Å². The van der Waals surface area contributed by atoms with E-state index in [2.05, 4.69) is 12.2 Å². The molecule has 5 nitrogen and oxygen atoms in total. The number of hydrogen-bond donors (Lipinski definition) is 1. The summed E-state index contributed by atoms with van der Waals surface area (Å²) < 4.78 is 10.4. The molecule has 106 valence electrons. The van der Waals surface area contributed by atoms with Gasteiger partial charge in [-0.15, -0.1) is 0 Å². The molecule has 1 aromatic heterocycles. The van der Waals surface area contributed by atoms with E-state index in [4.69, 9.17) is 9.15 Å². The molecule has 0 radical (unpaired) electrons. The first-order chi connectivity index (χ1) is 9.10. The molecule has 2 unspecified atom stereocenters. The lowest BCUT2D eigenvalue weighted by Crippen LogP contribution is -2.48. The van der Waals surface area contributed by atoms with Crippen molar-refractivity contribution in [2.45, 2.75) is 38.8 Å². The first-order valence-electron chi connectivity index (χ1n) is 6.75. The number of furan rings is 1. The molecule has 1 aliphatic heterocycles. The Bertz CT molecular complexity index is 430. The van der Waals surface area contributed by atoms with Gasteiger partial charge in [-0.3, -0.25) is 0 Å². The number of piperidine rings is 1. The third-order valence-corrected chi connectivity index (χ3v) is 3.53. The van der Waals surface area contributed by atoms with Gasteiger partial charge in [0, 0.05) is 19.1 Å². The van der Waals surface area contributed by atoms with Gasteiger partial charge in [-0.25, -0.2) is 4.79 Å². The average molecular weight is 266 g/mol. The van der Waals surface area contributed by atoms with E-state index in [0.717, 1.165) is 30.9 Å². The molecule has 0 aliphatic carbocycles. The Hall–Kier alpha value is -1.49. The Morgan fingerprint density at radius 2 is 2.37 bits per heavy atom. The van der Waals surface area contributed by atoms with Crippen molar-refractivity contribution in [3.63, 3.8) is 0 Å². The molecule has 5 heteroatoms. The monoisotopic (exact) mass is 266 g/mol. The molecule has 2 atom stereocenters. The van der Waals surface area contributed by atoms with Crippen LogP contribution in [0.25, 0.3) is 0 Å². The number of nitrogens with zero attached hydrogens (tertiary/aromatic N) is 1. The molecule has 1 saturated heterocycles. The maximum absolute atomic E-state index is 11.5. The van der Waals surface area contributed by atoms with Gasteiger partial charge in [-0.2, -0.15) is 0 Å². The molecule has 0 bridgehead atoms. The number of methoxy groups -OCH3 is 1. The number of amides is 1. The van der Waals surface area contributed by atoms with Crippen molar-refractivity contribution in [1.82, 2.24) is 10.2 Å². The van der Waals surface area contributed by atoms with Gasteiger partial charge in [0.2, 0.25) is 0 Å². The van der Waals surface area contributed by atoms with Gasteiger partial charge in [-0.05, 0) is 38.8 Å². The van der Waals surface area contributed by atoms with Crippen LogP contribution in [0.4, 0.5) is 4.79 Å². The summed E-state index contributed by atoms with van der Waals surface area (Å²) in [5, 5.41) is 3.51. The number of carbonyl (C=O) groups excluding carboxylic acids is 1. The quantitative estimate of drug-likeness (QED) is 0.913. The van der Waals surface area contributed by atoms with Gasteiger partial charge in [0.1, 0.15) is 11.5 Å². The van der Waals surface area contributed by atoms with E-state index in [9.17, 15) is 4.79 Å². The number of ether oxygens (including phenoxy) is 1. The van der Waals surface area contributed by atoms with Crippen LogP contribution >= 0.6 is 0 Å². The largest absolute Gasteiger partial charge is 0.465 e. The molecular formula is C14H22N2O3. The number of nitrogens with one attached hydrogen (secondary N) is 1. The first-order valence-corrected chi connectivity index (χ1v) is 6.75. The summed E-state index contributed by atoms with van der Waals surface area (Å²) in [5.74, 6) is 1.86. The molecule has 2 heterocycles. The lowest BCUT2D eigenvalue weighted by Gasteiger charge is -2.33. The van der Waals surface area contributed by atoms with Crippen LogP contribution in [0, 0.1) is 6.92 Å². The van der Waals surface area contributed by atoms with Gasteiger partial charge in [0.15, 0.2) is 0 Å². The summed E-state index contributed by atoms with van der Waals surface area (Å²) in [6.07, 6.45) is 1.82. The maximum Gasteiger partial charge on any atom is 0.409 e. The van der Waals surface area contributed by atoms with Crippen LogP contribution in [0.15, 0.2) is 16.5 Å². The second-order valence-corrected chi connectivity index (χ2v) is 5.09. The predicted molar refractivity (Wildman–Crippen MR) is 72.0 cm³/mol. The van der Waals surface area contributed by atoms with Crippen LogP contribution in [0.3, 0.4) is 0 Å². The lowest BCUT2D eigenvalue weighted by molar-refractivity contribution is 0.105. The van der Waals surface area contributed by atoms with Crippen LogP contribution < -0.4 is 5.32 Å². The van der Waals surface area contributed by atoms with Gasteiger partial charge >= 0.3 is 6.09 Å². The summed E-state index contributed by atoms with van der Waals surface area (Å²) in [7, 11) is 1.42. The average Bonchev–Trinajstić information content (AvgIpc) is 2.85. The Balaban J connectivity index is 1.90. The third kappa shape index (κ3) is 3.50. The molecule has 1 fully saturated rings. The predicted octanol–water partition coefficient (Wildman–Crippen LogP) is 2.47. The molecule has 1 amide bonds. The van der Waals surface area contributed by atoms with Crippen molar-refractivity contribution in [2.75, 3.05) is 20.2 Å². The van der Waals surface area contributed by atoms with E-state index in [1.807, 2.05) is 19.1 Å². The number of likely N-dealkylation sites (tertiary alicyclic amines) is 1. The standard InChI is InChI=1S/C14H22N2O3/c1-10-6-7-13(19-10)11(2)15-12-5-4-8-16(9-12)14(17)18-3/h6-7,11-12,15H,4-5,8-9H2,1-3H3. The number of hydrogen-bond acceptors (Lipinski definition) is 4. The van der Waals surface area contributed by atoms with Crippen molar-refractivity contribution in [2.24, 2.45) is 0 Å². The van der Waals surface area contributed by atoms with Crippen LogP contribution in [0.5, 0.6) is 0 Å². The highest BCUT2D eigenvalue weighted by Crippen LogP contribution is 2.19. The van der Waals surface area contributed by atoms with E-state index in [-0.39, 0.29) is 18.2 Å². The minimum Gasteiger partial charge on any atom is -0.465 e. The summed E-state index contributed by atoms with van der Waals surface area (Å²) in [5.41, 5.74) is 0. The highest BCUT2D eigenvalue weighted by atomic mass is 16.5. The Morgan fingerprint density at radius 3 is 3.00 bits per heavy atom. The Morgan fingerprint density at radius 1 is 1.58 bits per heavy atom. The van der Waals surface area contributed by atoms with E-state index in [1.54, 1.807) is 4.90 Å². The zero-order valence-corrected chi connectivity index (χ0v) is 11.8. The SMILES string of the molecule is COC(=O)N1CCCC(NC(C)c2ccc(C)o2)C1. The van der Waals surface area contributed by atoms with Crippen molar-refractivity contribution in [3.8, 4) is 0 Å². The van der Waals surface area contributed by atoms with Crippen molar-refractivity contribution >= 4 is 6.09 Å². The molecule has 19 heavy (non-hydrogen) atoms. The maximum atomic E-state index is 11.5. The number of rotatable bonds is 3. The molecule has 1 aromatic rings. The number of carbonyl (C=O) groups is 1. The molecule has 0 aromatic carbocycles. The third-order valence-electron chi connectivity index (χ3n) is 3.53. The van der Waals surface area contributed by atoms with Crippen molar-refractivity contribution in [3.05, 3.63) is 23.7 Å². The highest BCUT2D eigenvalue weighted by Gasteiger charge is 2.25. The van der Waals surface area contributed by atoms with Gasteiger partial charge in [-0.1, -0.05) is 0 Å². The highest BCUT2D eigenvalue weighted by molar-refractivity contribution is 5.67. The summed E-state index contributed by atoms with van der Waals surface area (Å²) in [6.45, 7) is 5.49. The van der Waals surface area contributed by atoms with E-state index < -0.39 is 0 Å². The summed E-state index contributed by atoms with van der Waals surface area (Å²) in [6, 6.07) is 4.40. The Labute approximate surface area is 113 Å². The normalized spacial score (nSPS) is 21.2. The van der Waals surface area contributed by atoms with Crippen LogP contribution in [0.2, 0.25) is 0 Å². The molecule has 0 spiro atoms. The fraction of sp³-hybridized carbons (Fsp3) is 0.643. The smallest absolute Gasteiger partial charge is 0.409 e. The van der Waals surface area contributed by atoms with Crippen LogP contribution in [0.1, 0.15) is 37.3 Å². The minimum absolute atomic E-state index is 0.149. The van der Waals surface area contributed by atoms with Crippen LogP contribution in [-0.2, 0) is 4.74 Å².